The molecule has 5 rings (SSSR count). The van der Waals surface area contributed by atoms with Gasteiger partial charge in [-0.15, -0.1) is 0 Å². The van der Waals surface area contributed by atoms with E-state index in [-0.39, 0.29) is 12.1 Å². The summed E-state index contributed by atoms with van der Waals surface area (Å²) in [6.45, 7) is 4.65. The summed E-state index contributed by atoms with van der Waals surface area (Å²) in [7, 11) is 4.07. The van der Waals surface area contributed by atoms with Crippen molar-refractivity contribution in [2.45, 2.75) is 26.4 Å². The molecule has 1 aliphatic heterocycles. The van der Waals surface area contributed by atoms with Crippen molar-refractivity contribution in [2.24, 2.45) is 0 Å². The molecule has 0 radical (unpaired) electrons. The number of benzene rings is 3. The molecular weight excluding hydrogens is 420 g/mol. The van der Waals surface area contributed by atoms with E-state index in [0.29, 0.717) is 6.54 Å². The van der Waals surface area contributed by atoms with Crippen LogP contribution in [-0.4, -0.2) is 29.6 Å². The van der Waals surface area contributed by atoms with Gasteiger partial charge >= 0.3 is 6.03 Å². The SMILES string of the molecule is Cc1ccc(NC(=O)N2Cc3ccccc3-n3cccc3[C@H]2c2ccc(N(C)C)cc2)cc1C. The van der Waals surface area contributed by atoms with Gasteiger partial charge < -0.3 is 19.7 Å². The Morgan fingerprint density at radius 2 is 1.68 bits per heavy atom. The van der Waals surface area contributed by atoms with Gasteiger partial charge in [0.15, 0.2) is 0 Å². The average molecular weight is 451 g/mol. The van der Waals surface area contributed by atoms with E-state index < -0.39 is 0 Å². The number of fused-ring (bicyclic) bond motifs is 3. The van der Waals surface area contributed by atoms with Gasteiger partial charge in [-0.05, 0) is 78.6 Å². The number of para-hydroxylation sites is 1. The van der Waals surface area contributed by atoms with Crippen LogP contribution >= 0.6 is 0 Å². The number of carbonyl (C=O) groups excluding carboxylic acids is 1. The van der Waals surface area contributed by atoms with Crippen molar-refractivity contribution in [1.29, 1.82) is 0 Å². The third kappa shape index (κ3) is 3.94. The van der Waals surface area contributed by atoms with Crippen LogP contribution in [-0.2, 0) is 6.54 Å². The Hall–Kier alpha value is -3.99. The molecule has 0 aliphatic carbocycles. The predicted molar refractivity (Wildman–Crippen MR) is 139 cm³/mol. The van der Waals surface area contributed by atoms with Gasteiger partial charge in [0, 0.05) is 37.4 Å². The lowest BCUT2D eigenvalue weighted by Gasteiger charge is -2.31. The summed E-state index contributed by atoms with van der Waals surface area (Å²) in [6.07, 6.45) is 2.08. The maximum absolute atomic E-state index is 13.8. The third-order valence-corrected chi connectivity index (χ3v) is 6.71. The first-order valence-electron chi connectivity index (χ1n) is 11.6. The molecule has 2 amide bonds. The van der Waals surface area contributed by atoms with Gasteiger partial charge in [-0.1, -0.05) is 36.4 Å². The average Bonchev–Trinajstić information content (AvgIpc) is 3.26. The molecule has 1 aromatic heterocycles. The maximum atomic E-state index is 13.8. The number of urea groups is 1. The van der Waals surface area contributed by atoms with Gasteiger partial charge in [-0.2, -0.15) is 0 Å². The van der Waals surface area contributed by atoms with Crippen molar-refractivity contribution in [3.05, 3.63) is 113 Å². The van der Waals surface area contributed by atoms with Crippen LogP contribution < -0.4 is 10.2 Å². The van der Waals surface area contributed by atoms with E-state index in [1.54, 1.807) is 0 Å². The highest BCUT2D eigenvalue weighted by molar-refractivity contribution is 5.90. The van der Waals surface area contributed by atoms with Gasteiger partial charge in [0.2, 0.25) is 0 Å². The minimum Gasteiger partial charge on any atom is -0.378 e. The molecule has 0 unspecified atom stereocenters. The second kappa shape index (κ2) is 8.75. The molecule has 0 bridgehead atoms. The topological polar surface area (TPSA) is 40.5 Å². The fraction of sp³-hybridized carbons (Fsp3) is 0.207. The van der Waals surface area contributed by atoms with E-state index in [0.717, 1.165) is 39.4 Å². The Kier molecular flexibility index (Phi) is 5.62. The highest BCUT2D eigenvalue weighted by Crippen LogP contribution is 2.37. The Labute approximate surface area is 201 Å². The highest BCUT2D eigenvalue weighted by atomic mass is 16.2. The molecular formula is C29H30N4O. The fourth-order valence-corrected chi connectivity index (χ4v) is 4.66. The van der Waals surface area contributed by atoms with Gasteiger partial charge in [0.25, 0.3) is 0 Å². The molecule has 5 nitrogen and oxygen atoms in total. The van der Waals surface area contributed by atoms with Crippen molar-refractivity contribution < 1.29 is 4.79 Å². The van der Waals surface area contributed by atoms with Crippen molar-refractivity contribution in [1.82, 2.24) is 9.47 Å². The van der Waals surface area contributed by atoms with Crippen molar-refractivity contribution in [2.75, 3.05) is 24.3 Å². The molecule has 34 heavy (non-hydrogen) atoms. The van der Waals surface area contributed by atoms with Crippen LogP contribution in [0.1, 0.15) is 34.0 Å². The minimum absolute atomic E-state index is 0.116. The smallest absolute Gasteiger partial charge is 0.322 e. The maximum Gasteiger partial charge on any atom is 0.322 e. The molecule has 2 heterocycles. The first-order chi connectivity index (χ1) is 16.4. The first kappa shape index (κ1) is 21.8. The van der Waals surface area contributed by atoms with Crippen molar-refractivity contribution >= 4 is 17.4 Å². The summed E-state index contributed by atoms with van der Waals surface area (Å²) in [4.78, 5) is 17.8. The minimum atomic E-state index is -0.231. The molecule has 1 aliphatic rings. The van der Waals surface area contributed by atoms with Crippen LogP contribution in [0.5, 0.6) is 0 Å². The van der Waals surface area contributed by atoms with E-state index in [1.807, 2.05) is 49.3 Å². The number of carbonyl (C=O) groups is 1. The van der Waals surface area contributed by atoms with Gasteiger partial charge in [0.05, 0.1) is 18.3 Å². The molecule has 0 spiro atoms. The number of hydrogen-bond acceptors (Lipinski definition) is 2. The lowest BCUT2D eigenvalue weighted by molar-refractivity contribution is 0.194. The predicted octanol–water partition coefficient (Wildman–Crippen LogP) is 6.30. The molecule has 0 saturated heterocycles. The number of nitrogens with one attached hydrogen (secondary N) is 1. The van der Waals surface area contributed by atoms with E-state index in [2.05, 4.69) is 83.4 Å². The molecule has 5 heteroatoms. The lowest BCUT2D eigenvalue weighted by atomic mass is 10.0. The number of nitrogens with zero attached hydrogens (tertiary/aromatic N) is 3. The molecule has 172 valence electrons. The highest BCUT2D eigenvalue weighted by Gasteiger charge is 2.33. The molecule has 0 fully saturated rings. The van der Waals surface area contributed by atoms with E-state index in [4.69, 9.17) is 0 Å². The summed E-state index contributed by atoms with van der Waals surface area (Å²) < 4.78 is 2.21. The molecule has 1 N–H and O–H groups in total. The van der Waals surface area contributed by atoms with Crippen LogP contribution in [0.25, 0.3) is 5.69 Å². The second-order valence-corrected chi connectivity index (χ2v) is 9.18. The fourth-order valence-electron chi connectivity index (χ4n) is 4.66. The zero-order valence-corrected chi connectivity index (χ0v) is 20.1. The van der Waals surface area contributed by atoms with Crippen LogP contribution in [0.4, 0.5) is 16.2 Å². The molecule has 4 aromatic rings. The standard InChI is InChI=1S/C29H30N4O/c1-20-11-14-24(18-21(20)2)30-29(34)33-19-23-8-5-6-9-26(23)32-17-7-10-27(32)28(33)22-12-15-25(16-13-22)31(3)4/h5-18,28H,19H2,1-4H3,(H,30,34)/t28-/m1/s1. The van der Waals surface area contributed by atoms with Crippen LogP contribution in [0.2, 0.25) is 0 Å². The van der Waals surface area contributed by atoms with Crippen molar-refractivity contribution in [3.63, 3.8) is 0 Å². The monoisotopic (exact) mass is 450 g/mol. The van der Waals surface area contributed by atoms with Crippen molar-refractivity contribution in [3.8, 4) is 5.69 Å². The largest absolute Gasteiger partial charge is 0.378 e. The van der Waals surface area contributed by atoms with Crippen LogP contribution in [0, 0.1) is 13.8 Å². The Morgan fingerprint density at radius 3 is 2.41 bits per heavy atom. The van der Waals surface area contributed by atoms with Gasteiger partial charge in [-0.3, -0.25) is 0 Å². The number of hydrogen-bond donors (Lipinski definition) is 1. The van der Waals surface area contributed by atoms with E-state index >= 15 is 0 Å². The number of aryl methyl sites for hydroxylation is 2. The summed E-state index contributed by atoms with van der Waals surface area (Å²) in [5.74, 6) is 0. The molecule has 0 saturated carbocycles. The van der Waals surface area contributed by atoms with Gasteiger partial charge in [-0.25, -0.2) is 4.79 Å². The Balaban J connectivity index is 1.60. The molecule has 3 aromatic carbocycles. The number of rotatable bonds is 3. The summed E-state index contributed by atoms with van der Waals surface area (Å²) in [5.41, 5.74) is 8.67. The zero-order valence-electron chi connectivity index (χ0n) is 20.1. The van der Waals surface area contributed by atoms with E-state index in [9.17, 15) is 4.79 Å². The Bertz CT molecular complexity index is 1340. The van der Waals surface area contributed by atoms with E-state index in [1.165, 1.54) is 5.56 Å². The molecule has 1 atom stereocenters. The van der Waals surface area contributed by atoms with Crippen LogP contribution in [0.3, 0.4) is 0 Å². The zero-order chi connectivity index (χ0) is 23.8. The van der Waals surface area contributed by atoms with Crippen LogP contribution in [0.15, 0.2) is 85.1 Å². The third-order valence-electron chi connectivity index (χ3n) is 6.71. The number of amides is 2. The Morgan fingerprint density at radius 1 is 0.912 bits per heavy atom. The lowest BCUT2D eigenvalue weighted by Crippen LogP contribution is -2.38. The normalized spacial score (nSPS) is 14.7. The summed E-state index contributed by atoms with van der Waals surface area (Å²) >= 11 is 0. The summed E-state index contributed by atoms with van der Waals surface area (Å²) in [6, 6.07) is 26.7. The van der Waals surface area contributed by atoms with Gasteiger partial charge in [0.1, 0.15) is 0 Å². The quantitative estimate of drug-likeness (QED) is 0.398. The summed E-state index contributed by atoms with van der Waals surface area (Å²) in [5, 5.41) is 3.16. The second-order valence-electron chi connectivity index (χ2n) is 9.18. The number of aromatic nitrogens is 1. The number of anilines is 2. The first-order valence-corrected chi connectivity index (χ1v) is 11.6.